The zero-order chi connectivity index (χ0) is 17.2. The molecule has 0 unspecified atom stereocenters. The number of nitrogens with zero attached hydrogens (tertiary/aromatic N) is 2. The zero-order valence-corrected chi connectivity index (χ0v) is 14.3. The lowest BCUT2D eigenvalue weighted by atomic mass is 10.1. The minimum atomic E-state index is -0.330. The van der Waals surface area contributed by atoms with Crippen molar-refractivity contribution in [3.05, 3.63) is 60.2 Å². The Morgan fingerprint density at radius 2 is 1.92 bits per heavy atom. The molecule has 1 aromatic heterocycles. The molecule has 1 aliphatic rings. The molecule has 0 radical (unpaired) electrons. The van der Waals surface area contributed by atoms with Crippen LogP contribution < -0.4 is 5.32 Å². The number of rotatable bonds is 4. The highest BCUT2D eigenvalue weighted by Crippen LogP contribution is 2.27. The van der Waals surface area contributed by atoms with Crippen LogP contribution in [0.1, 0.15) is 12.0 Å². The summed E-state index contributed by atoms with van der Waals surface area (Å²) in [5, 5.41) is 3.45. The molecule has 5 nitrogen and oxygen atoms in total. The number of carbonyl (C=O) groups excluding carboxylic acids is 2. The van der Waals surface area contributed by atoms with Crippen LogP contribution in [0.4, 0.5) is 5.13 Å². The van der Waals surface area contributed by atoms with Crippen molar-refractivity contribution >= 4 is 38.5 Å². The number of likely N-dealkylation sites (tertiary alicyclic amines) is 1. The number of benzene rings is 2. The standard InChI is InChI=1S/C19H17N3O2S/c23-17-10-14(12-22(17)11-13-6-2-1-3-7-13)18(24)21-19-20-15-8-4-5-9-16(15)25-19/h1-9,14H,10-12H2,(H,20,21,24)/t14-/m0/s1. The van der Waals surface area contributed by atoms with Crippen LogP contribution in [0.15, 0.2) is 54.6 Å². The highest BCUT2D eigenvalue weighted by Gasteiger charge is 2.34. The maximum atomic E-state index is 12.5. The van der Waals surface area contributed by atoms with Gasteiger partial charge in [0.15, 0.2) is 5.13 Å². The summed E-state index contributed by atoms with van der Waals surface area (Å²) in [6, 6.07) is 17.6. The summed E-state index contributed by atoms with van der Waals surface area (Å²) in [7, 11) is 0. The maximum absolute atomic E-state index is 12.5. The topological polar surface area (TPSA) is 62.3 Å². The lowest BCUT2D eigenvalue weighted by molar-refractivity contribution is -0.128. The smallest absolute Gasteiger partial charge is 0.231 e. The number of hydrogen-bond acceptors (Lipinski definition) is 4. The van der Waals surface area contributed by atoms with Gasteiger partial charge in [0.05, 0.1) is 16.1 Å². The molecule has 2 aromatic carbocycles. The molecule has 1 fully saturated rings. The largest absolute Gasteiger partial charge is 0.338 e. The van der Waals surface area contributed by atoms with Crippen LogP contribution in [0.2, 0.25) is 0 Å². The van der Waals surface area contributed by atoms with Gasteiger partial charge in [0.1, 0.15) is 0 Å². The first kappa shape index (κ1) is 15.8. The molecule has 126 valence electrons. The Morgan fingerprint density at radius 1 is 1.16 bits per heavy atom. The highest BCUT2D eigenvalue weighted by molar-refractivity contribution is 7.22. The number of fused-ring (bicyclic) bond motifs is 1. The number of anilines is 1. The van der Waals surface area contributed by atoms with Gasteiger partial charge in [-0.15, -0.1) is 0 Å². The molecule has 1 saturated heterocycles. The van der Waals surface area contributed by atoms with E-state index in [0.717, 1.165) is 15.8 Å². The lowest BCUT2D eigenvalue weighted by Crippen LogP contribution is -2.28. The molecule has 3 aromatic rings. The highest BCUT2D eigenvalue weighted by atomic mass is 32.1. The monoisotopic (exact) mass is 351 g/mol. The molecule has 2 amide bonds. The van der Waals surface area contributed by atoms with Crippen LogP contribution in [0, 0.1) is 5.92 Å². The van der Waals surface area contributed by atoms with Gasteiger partial charge in [0.2, 0.25) is 11.8 Å². The molecule has 4 rings (SSSR count). The summed E-state index contributed by atoms with van der Waals surface area (Å²) >= 11 is 1.45. The fourth-order valence-corrected chi connectivity index (χ4v) is 3.91. The predicted octanol–water partition coefficient (Wildman–Crippen LogP) is 3.28. The van der Waals surface area contributed by atoms with E-state index in [-0.39, 0.29) is 24.2 Å². The van der Waals surface area contributed by atoms with Crippen molar-refractivity contribution in [2.75, 3.05) is 11.9 Å². The van der Waals surface area contributed by atoms with Crippen molar-refractivity contribution in [2.45, 2.75) is 13.0 Å². The normalized spacial score (nSPS) is 17.2. The maximum Gasteiger partial charge on any atom is 0.231 e. The van der Waals surface area contributed by atoms with Crippen molar-refractivity contribution in [3.8, 4) is 0 Å². The molecule has 25 heavy (non-hydrogen) atoms. The van der Waals surface area contributed by atoms with Gasteiger partial charge in [0, 0.05) is 19.5 Å². The average molecular weight is 351 g/mol. The first-order chi connectivity index (χ1) is 12.2. The number of hydrogen-bond donors (Lipinski definition) is 1. The van der Waals surface area contributed by atoms with Gasteiger partial charge in [-0.05, 0) is 17.7 Å². The number of aromatic nitrogens is 1. The van der Waals surface area contributed by atoms with Crippen LogP contribution in [0.25, 0.3) is 10.2 Å². The second-order valence-corrected chi connectivity index (χ2v) is 7.17. The summed E-state index contributed by atoms with van der Waals surface area (Å²) in [6.45, 7) is 0.995. The number of thiazole rings is 1. The second-order valence-electron chi connectivity index (χ2n) is 6.14. The number of nitrogens with one attached hydrogen (secondary N) is 1. The molecule has 1 aliphatic heterocycles. The van der Waals surface area contributed by atoms with Crippen molar-refractivity contribution in [1.82, 2.24) is 9.88 Å². The van der Waals surface area contributed by atoms with Crippen LogP contribution >= 0.6 is 11.3 Å². The lowest BCUT2D eigenvalue weighted by Gasteiger charge is -2.16. The van der Waals surface area contributed by atoms with Crippen molar-refractivity contribution in [2.24, 2.45) is 5.92 Å². The third-order valence-corrected chi connectivity index (χ3v) is 5.28. The van der Waals surface area contributed by atoms with Gasteiger partial charge < -0.3 is 10.2 Å². The summed E-state index contributed by atoms with van der Waals surface area (Å²) < 4.78 is 1.03. The summed E-state index contributed by atoms with van der Waals surface area (Å²) in [5.74, 6) is -0.445. The number of carbonyl (C=O) groups is 2. The van der Waals surface area contributed by atoms with E-state index >= 15 is 0 Å². The molecule has 1 N–H and O–H groups in total. The Labute approximate surface area is 149 Å². The van der Waals surface area contributed by atoms with Crippen LogP contribution in [-0.4, -0.2) is 28.2 Å². The SMILES string of the molecule is O=C(Nc1nc2ccccc2s1)[C@H]1CC(=O)N(Cc2ccccc2)C1. The Bertz CT molecular complexity index is 890. The van der Waals surface area contributed by atoms with Crippen molar-refractivity contribution in [1.29, 1.82) is 0 Å². The Kier molecular flexibility index (Phi) is 4.19. The van der Waals surface area contributed by atoms with E-state index in [1.54, 1.807) is 4.90 Å². The number of para-hydroxylation sites is 1. The van der Waals surface area contributed by atoms with Crippen LogP contribution in [0.3, 0.4) is 0 Å². The van der Waals surface area contributed by atoms with Gasteiger partial charge in [0.25, 0.3) is 0 Å². The van der Waals surface area contributed by atoms with Crippen molar-refractivity contribution < 1.29 is 9.59 Å². The molecule has 2 heterocycles. The van der Waals surface area contributed by atoms with Gasteiger partial charge in [-0.3, -0.25) is 9.59 Å². The van der Waals surface area contributed by atoms with E-state index in [4.69, 9.17) is 0 Å². The Morgan fingerprint density at radius 3 is 2.72 bits per heavy atom. The summed E-state index contributed by atoms with van der Waals surface area (Å²) in [4.78, 5) is 30.9. The van der Waals surface area contributed by atoms with Gasteiger partial charge in [-0.1, -0.05) is 53.8 Å². The number of amides is 2. The quantitative estimate of drug-likeness (QED) is 0.785. The average Bonchev–Trinajstić information content (AvgIpc) is 3.19. The minimum absolute atomic E-state index is 0.0216. The van der Waals surface area contributed by atoms with E-state index in [1.807, 2.05) is 54.6 Å². The fraction of sp³-hybridized carbons (Fsp3) is 0.211. The second kappa shape index (κ2) is 6.64. The Hall–Kier alpha value is -2.73. The molecule has 0 aliphatic carbocycles. The molecule has 6 heteroatoms. The van der Waals surface area contributed by atoms with E-state index in [1.165, 1.54) is 11.3 Å². The zero-order valence-electron chi connectivity index (χ0n) is 13.5. The minimum Gasteiger partial charge on any atom is -0.338 e. The molecule has 0 spiro atoms. The third kappa shape index (κ3) is 3.39. The Balaban J connectivity index is 1.41. The first-order valence-corrected chi connectivity index (χ1v) is 8.99. The molecular weight excluding hydrogens is 334 g/mol. The van der Waals surface area contributed by atoms with Gasteiger partial charge in [-0.25, -0.2) is 4.98 Å². The molecule has 0 saturated carbocycles. The summed E-state index contributed by atoms with van der Waals surface area (Å²) in [6.07, 6.45) is 0.254. The van der Waals surface area contributed by atoms with E-state index in [2.05, 4.69) is 10.3 Å². The van der Waals surface area contributed by atoms with E-state index < -0.39 is 0 Å². The molecule has 0 bridgehead atoms. The fourth-order valence-electron chi connectivity index (χ4n) is 3.04. The van der Waals surface area contributed by atoms with E-state index in [0.29, 0.717) is 18.2 Å². The third-order valence-electron chi connectivity index (χ3n) is 4.33. The van der Waals surface area contributed by atoms with Crippen molar-refractivity contribution in [3.63, 3.8) is 0 Å². The molecular formula is C19H17N3O2S. The van der Waals surface area contributed by atoms with Gasteiger partial charge in [-0.2, -0.15) is 0 Å². The molecule has 1 atom stereocenters. The first-order valence-electron chi connectivity index (χ1n) is 8.17. The summed E-state index contributed by atoms with van der Waals surface area (Å²) in [5.41, 5.74) is 1.94. The van der Waals surface area contributed by atoms with E-state index in [9.17, 15) is 9.59 Å². The predicted molar refractivity (Wildman–Crippen MR) is 98.2 cm³/mol. The van der Waals surface area contributed by atoms with Crippen LogP contribution in [0.5, 0.6) is 0 Å². The van der Waals surface area contributed by atoms with Gasteiger partial charge >= 0.3 is 0 Å². The van der Waals surface area contributed by atoms with Crippen LogP contribution in [-0.2, 0) is 16.1 Å².